The van der Waals surface area contributed by atoms with E-state index in [9.17, 15) is 4.79 Å². The van der Waals surface area contributed by atoms with E-state index in [2.05, 4.69) is 22.0 Å². The van der Waals surface area contributed by atoms with E-state index in [-0.39, 0.29) is 18.1 Å². The predicted octanol–water partition coefficient (Wildman–Crippen LogP) is 1.07. The molecule has 4 rings (SSSR count). The first-order valence-corrected chi connectivity index (χ1v) is 9.57. The number of amides is 1. The lowest BCUT2D eigenvalue weighted by Gasteiger charge is -2.37. The minimum atomic E-state index is -0.0358. The average Bonchev–Trinajstić information content (AvgIpc) is 3.37. The summed E-state index contributed by atoms with van der Waals surface area (Å²) in [4.78, 5) is 14.7. The minimum absolute atomic E-state index is 0.0355. The van der Waals surface area contributed by atoms with Crippen LogP contribution in [0, 0.1) is 17.2 Å². The van der Waals surface area contributed by atoms with Crippen molar-refractivity contribution in [2.45, 2.75) is 25.0 Å². The van der Waals surface area contributed by atoms with Crippen molar-refractivity contribution < 1.29 is 9.53 Å². The van der Waals surface area contributed by atoms with Crippen LogP contribution in [0.1, 0.15) is 28.8 Å². The van der Waals surface area contributed by atoms with Crippen molar-refractivity contribution in [3.05, 3.63) is 47.8 Å². The summed E-state index contributed by atoms with van der Waals surface area (Å²) in [5.41, 5.74) is 7.78. The second kappa shape index (κ2) is 8.00. The third-order valence-electron chi connectivity index (χ3n) is 5.45. The third kappa shape index (κ3) is 3.86. The molecule has 1 amide bonds. The van der Waals surface area contributed by atoms with E-state index in [4.69, 9.17) is 10.00 Å². The number of rotatable bonds is 4. The molecule has 3 heterocycles. The Morgan fingerprint density at radius 1 is 1.36 bits per heavy atom. The van der Waals surface area contributed by atoms with Crippen molar-refractivity contribution in [3.8, 4) is 11.8 Å². The molecule has 0 bridgehead atoms. The van der Waals surface area contributed by atoms with Gasteiger partial charge in [0.1, 0.15) is 11.9 Å². The van der Waals surface area contributed by atoms with E-state index in [1.165, 1.54) is 0 Å². The number of nitriles is 1. The summed E-state index contributed by atoms with van der Waals surface area (Å²) >= 11 is 0. The van der Waals surface area contributed by atoms with Gasteiger partial charge in [0, 0.05) is 32.9 Å². The number of hydrogen-bond acceptors (Lipinski definition) is 6. The van der Waals surface area contributed by atoms with Crippen LogP contribution >= 0.6 is 0 Å². The Kier molecular flexibility index (Phi) is 5.28. The minimum Gasteiger partial charge on any atom is -0.487 e. The Balaban J connectivity index is 1.41. The largest absolute Gasteiger partial charge is 0.487 e. The molecule has 0 spiro atoms. The fourth-order valence-corrected chi connectivity index (χ4v) is 4.02. The zero-order valence-corrected chi connectivity index (χ0v) is 15.8. The number of ether oxygens (including phenoxy) is 1. The lowest BCUT2D eigenvalue weighted by Crippen LogP contribution is -2.50. The number of nitrogens with one attached hydrogen (secondary N) is 2. The molecule has 3 atom stereocenters. The number of carbonyl (C=O) groups excluding carboxylic acids is 1. The van der Waals surface area contributed by atoms with Gasteiger partial charge in [0.05, 0.1) is 29.4 Å². The quantitative estimate of drug-likeness (QED) is 0.824. The molecule has 2 N–H and O–H groups in total. The zero-order chi connectivity index (χ0) is 19.5. The lowest BCUT2D eigenvalue weighted by atomic mass is 9.88. The van der Waals surface area contributed by atoms with Crippen LogP contribution in [-0.2, 0) is 7.05 Å². The van der Waals surface area contributed by atoms with Gasteiger partial charge in [0.2, 0.25) is 0 Å². The smallest absolute Gasteiger partial charge is 0.257 e. The highest BCUT2D eigenvalue weighted by Crippen LogP contribution is 2.26. The summed E-state index contributed by atoms with van der Waals surface area (Å²) in [6.07, 6.45) is 5.37. The first kappa shape index (κ1) is 18.5. The average molecular weight is 380 g/mol. The first-order chi connectivity index (χ1) is 13.6. The summed E-state index contributed by atoms with van der Waals surface area (Å²) in [6.45, 7) is 2.16. The van der Waals surface area contributed by atoms with Gasteiger partial charge in [-0.25, -0.2) is 0 Å². The van der Waals surface area contributed by atoms with Crippen molar-refractivity contribution in [2.75, 3.05) is 19.6 Å². The summed E-state index contributed by atoms with van der Waals surface area (Å²) in [5.74, 6) is 1.08. The van der Waals surface area contributed by atoms with Crippen molar-refractivity contribution >= 4 is 5.91 Å². The Morgan fingerprint density at radius 3 is 2.89 bits per heavy atom. The Bertz CT molecular complexity index is 872. The molecule has 146 valence electrons. The van der Waals surface area contributed by atoms with Gasteiger partial charge in [-0.2, -0.15) is 10.4 Å². The van der Waals surface area contributed by atoms with Crippen LogP contribution in [-0.4, -0.2) is 52.4 Å². The molecule has 0 radical (unpaired) electrons. The van der Waals surface area contributed by atoms with Crippen LogP contribution in [0.5, 0.6) is 5.75 Å². The van der Waals surface area contributed by atoms with Gasteiger partial charge in [0.15, 0.2) is 0 Å². The van der Waals surface area contributed by atoms with Crippen molar-refractivity contribution in [2.24, 2.45) is 13.0 Å². The van der Waals surface area contributed by atoms with Crippen LogP contribution in [0.2, 0.25) is 0 Å². The van der Waals surface area contributed by atoms with E-state index >= 15 is 0 Å². The van der Waals surface area contributed by atoms with Crippen LogP contribution in [0.25, 0.3) is 0 Å². The molecule has 2 aliphatic rings. The first-order valence-electron chi connectivity index (χ1n) is 9.57. The molecule has 0 saturated carbocycles. The van der Waals surface area contributed by atoms with Crippen molar-refractivity contribution in [1.82, 2.24) is 25.5 Å². The van der Waals surface area contributed by atoms with Gasteiger partial charge < -0.3 is 9.64 Å². The number of carbonyl (C=O) groups is 1. The molecule has 2 aromatic rings. The van der Waals surface area contributed by atoms with E-state index < -0.39 is 0 Å². The zero-order valence-electron chi connectivity index (χ0n) is 15.8. The summed E-state index contributed by atoms with van der Waals surface area (Å²) < 4.78 is 7.82. The maximum absolute atomic E-state index is 12.8. The van der Waals surface area contributed by atoms with Crippen LogP contribution in [0.3, 0.4) is 0 Å². The maximum atomic E-state index is 12.8. The van der Waals surface area contributed by atoms with Gasteiger partial charge >= 0.3 is 0 Å². The van der Waals surface area contributed by atoms with E-state index in [1.54, 1.807) is 29.2 Å². The molecular formula is C20H24N6O2. The van der Waals surface area contributed by atoms with Crippen LogP contribution in [0.4, 0.5) is 0 Å². The van der Waals surface area contributed by atoms with Crippen LogP contribution < -0.4 is 15.6 Å². The van der Waals surface area contributed by atoms with Gasteiger partial charge in [-0.15, -0.1) is 0 Å². The normalized spacial score (nSPS) is 24.7. The van der Waals surface area contributed by atoms with Gasteiger partial charge in [-0.05, 0) is 43.0 Å². The molecule has 8 heteroatoms. The molecule has 1 aromatic carbocycles. The fraction of sp³-hybridized carbons (Fsp3) is 0.450. The molecule has 3 unspecified atom stereocenters. The highest BCUT2D eigenvalue weighted by molar-refractivity contribution is 5.93. The van der Waals surface area contributed by atoms with Gasteiger partial charge in [0.25, 0.3) is 5.91 Å². The monoisotopic (exact) mass is 380 g/mol. The van der Waals surface area contributed by atoms with E-state index in [0.717, 1.165) is 25.1 Å². The number of aryl methyl sites for hydroxylation is 1. The van der Waals surface area contributed by atoms with E-state index in [1.807, 2.05) is 24.1 Å². The summed E-state index contributed by atoms with van der Waals surface area (Å²) in [6, 6.07) is 9.40. The molecule has 2 fully saturated rings. The van der Waals surface area contributed by atoms with Gasteiger partial charge in [-0.1, -0.05) is 0 Å². The Morgan fingerprint density at radius 2 is 2.18 bits per heavy atom. The SMILES string of the molecule is Cn1cc(C(=O)N2CCCC(C3NNCC3Oc3ccc(C#N)cc3)C2)cn1. The molecule has 2 saturated heterocycles. The number of hydrogen-bond donors (Lipinski definition) is 2. The molecule has 8 nitrogen and oxygen atoms in total. The lowest BCUT2D eigenvalue weighted by molar-refractivity contribution is 0.0595. The summed E-state index contributed by atoms with van der Waals surface area (Å²) in [7, 11) is 1.81. The third-order valence-corrected chi connectivity index (χ3v) is 5.45. The molecule has 28 heavy (non-hydrogen) atoms. The Hall–Kier alpha value is -2.89. The maximum Gasteiger partial charge on any atom is 0.257 e. The molecule has 2 aliphatic heterocycles. The number of nitrogens with zero attached hydrogens (tertiary/aromatic N) is 4. The summed E-state index contributed by atoms with van der Waals surface area (Å²) in [5, 5.41) is 13.0. The number of piperidine rings is 1. The second-order valence-corrected chi connectivity index (χ2v) is 7.40. The molecule has 1 aromatic heterocycles. The number of hydrazine groups is 1. The van der Waals surface area contributed by atoms with Crippen molar-refractivity contribution in [3.63, 3.8) is 0 Å². The number of benzene rings is 1. The van der Waals surface area contributed by atoms with Crippen LogP contribution in [0.15, 0.2) is 36.7 Å². The predicted molar refractivity (Wildman–Crippen MR) is 102 cm³/mol. The number of likely N-dealkylation sites (tertiary alicyclic amines) is 1. The van der Waals surface area contributed by atoms with Gasteiger partial charge in [-0.3, -0.25) is 20.3 Å². The topological polar surface area (TPSA) is 95.2 Å². The second-order valence-electron chi connectivity index (χ2n) is 7.40. The Labute approximate surface area is 164 Å². The molecular weight excluding hydrogens is 356 g/mol. The van der Waals surface area contributed by atoms with Crippen molar-refractivity contribution in [1.29, 1.82) is 5.26 Å². The fourth-order valence-electron chi connectivity index (χ4n) is 4.02. The highest BCUT2D eigenvalue weighted by Gasteiger charge is 2.38. The standard InChI is InChI=1S/C20H24N6O2/c1-25-12-16(10-23-25)20(27)26-8-2-3-15(13-26)19-18(11-22-24-19)28-17-6-4-14(9-21)5-7-17/h4-7,10,12,15,18-19,22,24H,2-3,8,11,13H2,1H3. The highest BCUT2D eigenvalue weighted by atomic mass is 16.5. The molecule has 0 aliphatic carbocycles. The number of aromatic nitrogens is 2. The van der Waals surface area contributed by atoms with E-state index in [0.29, 0.717) is 30.1 Å².